The standard InChI is InChI=1S/C9H11NS.C8H10N2O.2C7H8N2O/c1-8(11)10-7-9-5-3-2-4-6-9;1-7(11)10-6-8-2-4-9-5-3-8;1-6(10)9-7-3-2-4-8-5-7;1-6(10)9-7-4-2-3-5-8-7/h2-6H,7H2,1H3,(H,10,11);2-5H,6H2,1H3,(H,10,11);2-5H,1H3,(H,9,10);2-5H,1H3,(H,8,9,10). The fourth-order valence-corrected chi connectivity index (χ4v) is 2.88. The van der Waals surface area contributed by atoms with Gasteiger partial charge in [-0.25, -0.2) is 4.98 Å². The van der Waals surface area contributed by atoms with Crippen LogP contribution in [0.5, 0.6) is 0 Å². The van der Waals surface area contributed by atoms with Gasteiger partial charge in [-0.1, -0.05) is 48.6 Å². The van der Waals surface area contributed by atoms with E-state index in [1.807, 2.05) is 43.3 Å². The van der Waals surface area contributed by atoms with E-state index >= 15 is 0 Å². The Morgan fingerprint density at radius 1 is 0.619 bits per heavy atom. The molecule has 42 heavy (non-hydrogen) atoms. The van der Waals surface area contributed by atoms with Crippen molar-refractivity contribution in [3.8, 4) is 0 Å². The molecule has 0 unspecified atom stereocenters. The predicted octanol–water partition coefficient (Wildman–Crippen LogP) is 4.92. The molecule has 4 rings (SSSR count). The summed E-state index contributed by atoms with van der Waals surface area (Å²) in [6.07, 6.45) is 8.30. The summed E-state index contributed by atoms with van der Waals surface area (Å²) in [7, 11) is 0. The molecule has 0 aliphatic heterocycles. The maximum atomic E-state index is 10.5. The lowest BCUT2D eigenvalue weighted by molar-refractivity contribution is -0.119. The fraction of sp³-hybridized carbons (Fsp3) is 0.194. The Labute approximate surface area is 252 Å². The maximum Gasteiger partial charge on any atom is 0.222 e. The van der Waals surface area contributed by atoms with E-state index in [1.54, 1.807) is 55.2 Å². The Balaban J connectivity index is 0.000000280. The van der Waals surface area contributed by atoms with Crippen molar-refractivity contribution in [1.82, 2.24) is 25.6 Å². The molecule has 10 nitrogen and oxygen atoms in total. The molecule has 0 radical (unpaired) electrons. The van der Waals surface area contributed by atoms with Gasteiger partial charge in [0, 0.05) is 58.6 Å². The summed E-state index contributed by atoms with van der Waals surface area (Å²) in [6.45, 7) is 7.72. The third-order valence-electron chi connectivity index (χ3n) is 4.63. The Bertz CT molecular complexity index is 1220. The number of pyridine rings is 3. The number of hydrogen-bond acceptors (Lipinski definition) is 7. The molecular formula is C31H37N7O3S. The normalized spacial score (nSPS) is 9.05. The maximum absolute atomic E-state index is 10.5. The van der Waals surface area contributed by atoms with Gasteiger partial charge in [0.05, 0.1) is 16.9 Å². The van der Waals surface area contributed by atoms with Crippen molar-refractivity contribution in [2.24, 2.45) is 0 Å². The second kappa shape index (κ2) is 21.8. The summed E-state index contributed by atoms with van der Waals surface area (Å²) < 4.78 is 0. The molecule has 3 aromatic heterocycles. The highest BCUT2D eigenvalue weighted by atomic mass is 32.1. The first kappa shape index (κ1) is 35.0. The zero-order valence-corrected chi connectivity index (χ0v) is 25.0. The van der Waals surface area contributed by atoms with Crippen molar-refractivity contribution in [3.05, 3.63) is 115 Å². The molecule has 0 fully saturated rings. The van der Waals surface area contributed by atoms with Gasteiger partial charge in [0.2, 0.25) is 17.7 Å². The van der Waals surface area contributed by atoms with Crippen molar-refractivity contribution in [3.63, 3.8) is 0 Å². The Hall–Kier alpha value is -5.03. The smallest absolute Gasteiger partial charge is 0.222 e. The van der Waals surface area contributed by atoms with Gasteiger partial charge in [-0.3, -0.25) is 24.4 Å². The van der Waals surface area contributed by atoms with E-state index in [0.717, 1.165) is 22.8 Å². The monoisotopic (exact) mass is 587 g/mol. The first-order valence-electron chi connectivity index (χ1n) is 12.9. The number of carbonyl (C=O) groups excluding carboxylic acids is 3. The van der Waals surface area contributed by atoms with Crippen LogP contribution < -0.4 is 21.3 Å². The van der Waals surface area contributed by atoms with Crippen LogP contribution >= 0.6 is 12.2 Å². The van der Waals surface area contributed by atoms with Gasteiger partial charge in [-0.15, -0.1) is 0 Å². The van der Waals surface area contributed by atoms with Crippen LogP contribution in [-0.2, 0) is 27.5 Å². The number of hydrogen-bond donors (Lipinski definition) is 4. The summed E-state index contributed by atoms with van der Waals surface area (Å²) in [5.41, 5.74) is 3.06. The summed E-state index contributed by atoms with van der Waals surface area (Å²) in [6, 6.07) is 22.9. The van der Waals surface area contributed by atoms with E-state index in [1.165, 1.54) is 26.3 Å². The molecule has 0 atom stereocenters. The van der Waals surface area contributed by atoms with Gasteiger partial charge in [-0.2, -0.15) is 0 Å². The minimum atomic E-state index is -0.0984. The molecular weight excluding hydrogens is 550 g/mol. The van der Waals surface area contributed by atoms with Gasteiger partial charge in [-0.05, 0) is 54.4 Å². The van der Waals surface area contributed by atoms with Gasteiger partial charge in [0.1, 0.15) is 5.82 Å². The molecule has 3 heterocycles. The quantitative estimate of drug-likeness (QED) is 0.233. The van der Waals surface area contributed by atoms with Crippen LogP contribution in [0.1, 0.15) is 38.8 Å². The Kier molecular flexibility index (Phi) is 18.1. The van der Waals surface area contributed by atoms with Crippen LogP contribution in [0.3, 0.4) is 0 Å². The van der Waals surface area contributed by atoms with Gasteiger partial charge < -0.3 is 21.3 Å². The van der Waals surface area contributed by atoms with E-state index < -0.39 is 0 Å². The van der Waals surface area contributed by atoms with E-state index in [0.29, 0.717) is 12.4 Å². The van der Waals surface area contributed by atoms with Gasteiger partial charge in [0.25, 0.3) is 0 Å². The minimum absolute atomic E-state index is 0.0122. The van der Waals surface area contributed by atoms with E-state index in [4.69, 9.17) is 12.2 Å². The van der Waals surface area contributed by atoms with Crippen LogP contribution in [-0.4, -0.2) is 37.7 Å². The van der Waals surface area contributed by atoms with Crippen LogP contribution in [0.2, 0.25) is 0 Å². The van der Waals surface area contributed by atoms with Crippen LogP contribution in [0.15, 0.2) is 104 Å². The Morgan fingerprint density at radius 3 is 1.76 bits per heavy atom. The van der Waals surface area contributed by atoms with E-state index in [-0.39, 0.29) is 17.7 Å². The number of thiocarbonyl (C=S) groups is 1. The highest BCUT2D eigenvalue weighted by Gasteiger charge is 1.93. The average Bonchev–Trinajstić information content (AvgIpc) is 2.98. The van der Waals surface area contributed by atoms with E-state index in [2.05, 4.69) is 48.4 Å². The second-order valence-corrected chi connectivity index (χ2v) is 9.09. The van der Waals surface area contributed by atoms with E-state index in [9.17, 15) is 14.4 Å². The van der Waals surface area contributed by atoms with Crippen LogP contribution in [0, 0.1) is 0 Å². The summed E-state index contributed by atoms with van der Waals surface area (Å²) >= 11 is 4.88. The largest absolute Gasteiger partial charge is 0.376 e. The van der Waals surface area contributed by atoms with Crippen molar-refractivity contribution < 1.29 is 14.4 Å². The number of anilines is 2. The lowest BCUT2D eigenvalue weighted by Crippen LogP contribution is -2.18. The first-order chi connectivity index (χ1) is 20.2. The number of nitrogens with zero attached hydrogens (tertiary/aromatic N) is 3. The number of nitrogens with one attached hydrogen (secondary N) is 4. The molecule has 220 valence electrons. The SMILES string of the molecule is CC(=O)NCc1ccncc1.CC(=O)Nc1ccccn1.CC(=O)Nc1cccnc1.CC(=S)NCc1ccccc1. The molecule has 3 amide bonds. The summed E-state index contributed by atoms with van der Waals surface area (Å²) in [4.78, 5) is 43.8. The zero-order valence-electron chi connectivity index (χ0n) is 24.2. The highest BCUT2D eigenvalue weighted by Crippen LogP contribution is 2.01. The summed E-state index contributed by atoms with van der Waals surface area (Å²) in [5, 5.41) is 10.9. The molecule has 0 bridgehead atoms. The lowest BCUT2D eigenvalue weighted by atomic mass is 10.2. The molecule has 0 saturated carbocycles. The van der Waals surface area contributed by atoms with Crippen molar-refractivity contribution in [2.75, 3.05) is 10.6 Å². The first-order valence-corrected chi connectivity index (χ1v) is 13.3. The predicted molar refractivity (Wildman–Crippen MR) is 170 cm³/mol. The van der Waals surface area contributed by atoms with Gasteiger partial charge in [0.15, 0.2) is 0 Å². The van der Waals surface area contributed by atoms with Crippen molar-refractivity contribution in [2.45, 2.75) is 40.8 Å². The van der Waals surface area contributed by atoms with Crippen LogP contribution in [0.25, 0.3) is 0 Å². The van der Waals surface area contributed by atoms with Crippen molar-refractivity contribution in [1.29, 1.82) is 0 Å². The lowest BCUT2D eigenvalue weighted by Gasteiger charge is -2.02. The second-order valence-electron chi connectivity index (χ2n) is 8.48. The number of rotatable bonds is 6. The molecule has 0 saturated heterocycles. The van der Waals surface area contributed by atoms with Crippen LogP contribution in [0.4, 0.5) is 11.5 Å². The highest BCUT2D eigenvalue weighted by molar-refractivity contribution is 7.80. The molecule has 4 N–H and O–H groups in total. The molecule has 4 aromatic rings. The average molecular weight is 588 g/mol. The minimum Gasteiger partial charge on any atom is -0.376 e. The number of amides is 3. The fourth-order valence-electron chi connectivity index (χ4n) is 2.81. The number of aromatic nitrogens is 3. The molecule has 0 aliphatic rings. The zero-order chi connectivity index (χ0) is 31.0. The topological polar surface area (TPSA) is 138 Å². The third kappa shape index (κ3) is 20.0. The van der Waals surface area contributed by atoms with Gasteiger partial charge >= 0.3 is 0 Å². The number of benzene rings is 1. The summed E-state index contributed by atoms with van der Waals surface area (Å²) in [5.74, 6) is 0.406. The Morgan fingerprint density at radius 2 is 1.24 bits per heavy atom. The van der Waals surface area contributed by atoms with Crippen molar-refractivity contribution >= 4 is 46.4 Å². The third-order valence-corrected chi connectivity index (χ3v) is 4.77. The molecule has 1 aromatic carbocycles. The molecule has 0 spiro atoms. The molecule has 11 heteroatoms. The molecule has 0 aliphatic carbocycles. The number of carbonyl (C=O) groups is 3.